The highest BCUT2D eigenvalue weighted by Gasteiger charge is 2.09. The Kier molecular flexibility index (Phi) is 3.67. The molecular formula is C11H14BrN. The fourth-order valence-corrected chi connectivity index (χ4v) is 1.05. The van der Waals surface area contributed by atoms with Crippen LogP contribution in [0.5, 0.6) is 0 Å². The summed E-state index contributed by atoms with van der Waals surface area (Å²) < 4.78 is 0.0955. The molecule has 0 atom stereocenters. The van der Waals surface area contributed by atoms with E-state index >= 15 is 0 Å². The second-order valence-corrected chi connectivity index (χ2v) is 5.75. The van der Waals surface area contributed by atoms with Crippen LogP contribution in [-0.2, 0) is 0 Å². The number of nitrogens with zero attached hydrogens (tertiary/aromatic N) is 1. The molecule has 1 aromatic carbocycles. The minimum absolute atomic E-state index is 0.0955. The fraction of sp³-hybridized carbons (Fsp3) is 0.364. The largest absolute Gasteiger partial charge is 0.291 e. The molecule has 0 radical (unpaired) electrons. The molecule has 70 valence electrons. The van der Waals surface area contributed by atoms with Crippen LogP contribution < -0.4 is 0 Å². The van der Waals surface area contributed by atoms with Crippen LogP contribution in [0.3, 0.4) is 0 Å². The van der Waals surface area contributed by atoms with Gasteiger partial charge in [0, 0.05) is 10.5 Å². The Morgan fingerprint density at radius 3 is 2.46 bits per heavy atom. The molecule has 13 heavy (non-hydrogen) atoms. The Labute approximate surface area is 88.0 Å². The molecule has 0 heterocycles. The minimum Gasteiger partial charge on any atom is -0.291 e. The predicted molar refractivity (Wildman–Crippen MR) is 61.9 cm³/mol. The standard InChI is InChI=1S/C11H14BrN/c1-11(2,12)9-13-8-10-6-4-3-5-7-10/h3-8H,9H2,1-2H3. The molecule has 0 N–H and O–H groups in total. The normalized spacial score (nSPS) is 12.2. The highest BCUT2D eigenvalue weighted by atomic mass is 79.9. The summed E-state index contributed by atoms with van der Waals surface area (Å²) in [6.07, 6.45) is 1.91. The molecule has 1 nitrogen and oxygen atoms in total. The molecule has 2 heteroatoms. The van der Waals surface area contributed by atoms with Crippen molar-refractivity contribution in [2.24, 2.45) is 4.99 Å². The number of hydrogen-bond acceptors (Lipinski definition) is 1. The van der Waals surface area contributed by atoms with Gasteiger partial charge in [-0.25, -0.2) is 0 Å². The zero-order valence-corrected chi connectivity index (χ0v) is 9.58. The van der Waals surface area contributed by atoms with E-state index in [1.165, 1.54) is 0 Å². The van der Waals surface area contributed by atoms with E-state index in [1.54, 1.807) is 0 Å². The first kappa shape index (κ1) is 10.5. The van der Waals surface area contributed by atoms with Gasteiger partial charge < -0.3 is 0 Å². The lowest BCUT2D eigenvalue weighted by Crippen LogP contribution is -2.13. The van der Waals surface area contributed by atoms with E-state index in [0.29, 0.717) is 0 Å². The fourth-order valence-electron chi connectivity index (χ4n) is 0.907. The van der Waals surface area contributed by atoms with E-state index in [1.807, 2.05) is 36.5 Å². The van der Waals surface area contributed by atoms with Crippen LogP contribution >= 0.6 is 15.9 Å². The molecule has 0 saturated heterocycles. The average molecular weight is 240 g/mol. The summed E-state index contributed by atoms with van der Waals surface area (Å²) in [4.78, 5) is 4.34. The summed E-state index contributed by atoms with van der Waals surface area (Å²) in [6.45, 7) is 5.01. The Morgan fingerprint density at radius 1 is 1.31 bits per heavy atom. The van der Waals surface area contributed by atoms with E-state index in [-0.39, 0.29) is 4.32 Å². The quantitative estimate of drug-likeness (QED) is 0.568. The molecule has 0 aliphatic heterocycles. The summed E-state index contributed by atoms with van der Waals surface area (Å²) in [5.41, 5.74) is 1.15. The van der Waals surface area contributed by atoms with Gasteiger partial charge in [0.2, 0.25) is 0 Å². The van der Waals surface area contributed by atoms with Crippen molar-refractivity contribution in [3.63, 3.8) is 0 Å². The summed E-state index contributed by atoms with van der Waals surface area (Å²) in [7, 11) is 0. The number of aliphatic imine (C=N–C) groups is 1. The van der Waals surface area contributed by atoms with Crippen LogP contribution in [0.2, 0.25) is 0 Å². The average Bonchev–Trinajstić information content (AvgIpc) is 2.04. The molecule has 0 aliphatic carbocycles. The maximum Gasteiger partial charge on any atom is 0.0537 e. The van der Waals surface area contributed by atoms with Gasteiger partial charge in [0.1, 0.15) is 0 Å². The number of benzene rings is 1. The summed E-state index contributed by atoms with van der Waals surface area (Å²) in [6, 6.07) is 10.1. The van der Waals surface area contributed by atoms with Gasteiger partial charge in [-0.2, -0.15) is 0 Å². The van der Waals surface area contributed by atoms with Crippen LogP contribution in [0.15, 0.2) is 35.3 Å². The third kappa shape index (κ3) is 4.83. The molecule has 0 amide bonds. The smallest absolute Gasteiger partial charge is 0.0537 e. The molecule has 1 rings (SSSR count). The van der Waals surface area contributed by atoms with E-state index in [9.17, 15) is 0 Å². The lowest BCUT2D eigenvalue weighted by Gasteiger charge is -2.11. The lowest BCUT2D eigenvalue weighted by atomic mass is 10.2. The molecule has 0 saturated carbocycles. The molecule has 0 fully saturated rings. The Bertz CT molecular complexity index is 272. The van der Waals surface area contributed by atoms with Crippen LogP contribution in [0.4, 0.5) is 0 Å². The van der Waals surface area contributed by atoms with Gasteiger partial charge in [-0.15, -0.1) is 0 Å². The van der Waals surface area contributed by atoms with Gasteiger partial charge in [-0.3, -0.25) is 4.99 Å². The monoisotopic (exact) mass is 239 g/mol. The van der Waals surface area contributed by atoms with Crippen molar-refractivity contribution in [1.82, 2.24) is 0 Å². The maximum absolute atomic E-state index is 4.34. The van der Waals surface area contributed by atoms with Crippen LogP contribution in [0, 0.1) is 0 Å². The maximum atomic E-state index is 4.34. The molecule has 1 aromatic rings. The Morgan fingerprint density at radius 2 is 1.92 bits per heavy atom. The lowest BCUT2D eigenvalue weighted by molar-refractivity contribution is 0.743. The van der Waals surface area contributed by atoms with Gasteiger partial charge in [0.05, 0.1) is 6.54 Å². The predicted octanol–water partition coefficient (Wildman–Crippen LogP) is 3.28. The van der Waals surface area contributed by atoms with Crippen molar-refractivity contribution in [2.75, 3.05) is 6.54 Å². The third-order valence-corrected chi connectivity index (χ3v) is 1.76. The zero-order chi connectivity index (χ0) is 9.73. The van der Waals surface area contributed by atoms with E-state index in [4.69, 9.17) is 0 Å². The molecule has 0 aliphatic rings. The minimum atomic E-state index is 0.0955. The van der Waals surface area contributed by atoms with Crippen molar-refractivity contribution < 1.29 is 0 Å². The SMILES string of the molecule is CC(C)(Br)CN=Cc1ccccc1. The zero-order valence-electron chi connectivity index (χ0n) is 8.00. The molecule has 0 bridgehead atoms. The summed E-state index contributed by atoms with van der Waals surface area (Å²) >= 11 is 3.54. The van der Waals surface area contributed by atoms with Gasteiger partial charge in [-0.1, -0.05) is 46.3 Å². The number of hydrogen-bond donors (Lipinski definition) is 0. The van der Waals surface area contributed by atoms with Gasteiger partial charge in [0.25, 0.3) is 0 Å². The molecule has 0 spiro atoms. The van der Waals surface area contributed by atoms with Crippen molar-refractivity contribution in [3.05, 3.63) is 35.9 Å². The van der Waals surface area contributed by atoms with Crippen molar-refractivity contribution in [2.45, 2.75) is 18.2 Å². The van der Waals surface area contributed by atoms with Gasteiger partial charge >= 0.3 is 0 Å². The number of alkyl halides is 1. The van der Waals surface area contributed by atoms with Gasteiger partial charge in [0.15, 0.2) is 0 Å². The number of halogens is 1. The van der Waals surface area contributed by atoms with E-state index in [0.717, 1.165) is 12.1 Å². The molecule has 0 aromatic heterocycles. The summed E-state index contributed by atoms with van der Waals surface area (Å²) in [5.74, 6) is 0. The molecule has 0 unspecified atom stereocenters. The van der Waals surface area contributed by atoms with Gasteiger partial charge in [-0.05, 0) is 19.4 Å². The van der Waals surface area contributed by atoms with Crippen LogP contribution in [0.25, 0.3) is 0 Å². The van der Waals surface area contributed by atoms with E-state index < -0.39 is 0 Å². The third-order valence-electron chi connectivity index (χ3n) is 1.51. The van der Waals surface area contributed by atoms with Crippen molar-refractivity contribution >= 4 is 22.1 Å². The van der Waals surface area contributed by atoms with E-state index in [2.05, 4.69) is 34.8 Å². The molecular weight excluding hydrogens is 226 g/mol. The van der Waals surface area contributed by atoms with Crippen LogP contribution in [-0.4, -0.2) is 17.1 Å². The van der Waals surface area contributed by atoms with Crippen molar-refractivity contribution in [1.29, 1.82) is 0 Å². The van der Waals surface area contributed by atoms with Crippen molar-refractivity contribution in [3.8, 4) is 0 Å². The first-order valence-corrected chi connectivity index (χ1v) is 5.11. The second-order valence-electron chi connectivity index (χ2n) is 3.60. The first-order chi connectivity index (χ1) is 6.08. The topological polar surface area (TPSA) is 12.4 Å². The highest BCUT2D eigenvalue weighted by molar-refractivity contribution is 9.10. The number of rotatable bonds is 3. The first-order valence-electron chi connectivity index (χ1n) is 4.32. The highest BCUT2D eigenvalue weighted by Crippen LogP contribution is 2.15. The van der Waals surface area contributed by atoms with Crippen LogP contribution in [0.1, 0.15) is 19.4 Å². The Balaban J connectivity index is 2.51. The second kappa shape index (κ2) is 4.56. The summed E-state index contributed by atoms with van der Waals surface area (Å²) in [5, 5.41) is 0. The Hall–Kier alpha value is -0.630.